The number of nitrogens with zero attached hydrogens (tertiary/aromatic N) is 4. The van der Waals surface area contributed by atoms with E-state index in [2.05, 4.69) is 28.8 Å². The van der Waals surface area contributed by atoms with Crippen LogP contribution in [0.1, 0.15) is 31.5 Å². The van der Waals surface area contributed by atoms with Gasteiger partial charge in [-0.3, -0.25) is 4.98 Å². The van der Waals surface area contributed by atoms with Crippen LogP contribution in [0, 0.1) is 5.82 Å². The van der Waals surface area contributed by atoms with Crippen LogP contribution in [0.5, 0.6) is 0 Å². The topological polar surface area (TPSA) is 41.9 Å². The van der Waals surface area contributed by atoms with E-state index in [-0.39, 0.29) is 11.2 Å². The number of pyridine rings is 1. The summed E-state index contributed by atoms with van der Waals surface area (Å²) in [5.74, 6) is 1.08. The van der Waals surface area contributed by atoms with Crippen LogP contribution >= 0.6 is 0 Å². The van der Waals surface area contributed by atoms with Crippen LogP contribution in [0.25, 0.3) is 11.5 Å². The van der Waals surface area contributed by atoms with E-state index in [0.717, 1.165) is 24.4 Å². The molecule has 1 aliphatic carbocycles. The molecule has 3 rings (SSSR count). The van der Waals surface area contributed by atoms with Gasteiger partial charge in [0.15, 0.2) is 5.82 Å². The third-order valence-corrected chi connectivity index (χ3v) is 4.00. The van der Waals surface area contributed by atoms with E-state index in [9.17, 15) is 4.39 Å². The van der Waals surface area contributed by atoms with Gasteiger partial charge in [0, 0.05) is 31.9 Å². The van der Waals surface area contributed by atoms with Gasteiger partial charge < -0.3 is 4.90 Å². The summed E-state index contributed by atoms with van der Waals surface area (Å²) in [5, 5.41) is 0. The van der Waals surface area contributed by atoms with Gasteiger partial charge in [-0.2, -0.15) is 0 Å². The van der Waals surface area contributed by atoms with Gasteiger partial charge in [-0.05, 0) is 24.3 Å². The lowest BCUT2D eigenvalue weighted by Gasteiger charge is -2.25. The van der Waals surface area contributed by atoms with Crippen LogP contribution in [0.2, 0.25) is 0 Å². The number of rotatable bonds is 2. The summed E-state index contributed by atoms with van der Waals surface area (Å²) in [7, 11) is 3.94. The summed E-state index contributed by atoms with van der Waals surface area (Å²) in [6.07, 6.45) is 3.42. The van der Waals surface area contributed by atoms with Crippen molar-refractivity contribution in [3.8, 4) is 11.5 Å². The maximum absolute atomic E-state index is 13.4. The maximum atomic E-state index is 13.4. The lowest BCUT2D eigenvalue weighted by Crippen LogP contribution is -2.21. The Balaban J connectivity index is 2.20. The van der Waals surface area contributed by atoms with Gasteiger partial charge in [0.25, 0.3) is 0 Å². The quantitative estimate of drug-likeness (QED) is 0.851. The molecule has 0 saturated heterocycles. The second-order valence-corrected chi connectivity index (χ2v) is 6.33. The number of aryl methyl sites for hydroxylation is 1. The highest BCUT2D eigenvalue weighted by Crippen LogP contribution is 2.42. The summed E-state index contributed by atoms with van der Waals surface area (Å²) in [5.41, 5.74) is 2.81. The minimum Gasteiger partial charge on any atom is -0.362 e. The van der Waals surface area contributed by atoms with Gasteiger partial charge >= 0.3 is 0 Å². The molecule has 4 nitrogen and oxygen atoms in total. The van der Waals surface area contributed by atoms with Crippen molar-refractivity contribution in [2.75, 3.05) is 19.0 Å². The molecule has 2 aromatic rings. The first-order chi connectivity index (χ1) is 9.88. The summed E-state index contributed by atoms with van der Waals surface area (Å²) in [6, 6.07) is 2.70. The molecule has 0 amide bonds. The lowest BCUT2D eigenvalue weighted by atomic mass is 9.87. The van der Waals surface area contributed by atoms with Crippen molar-refractivity contribution < 1.29 is 4.39 Å². The molecule has 21 heavy (non-hydrogen) atoms. The highest BCUT2D eigenvalue weighted by molar-refractivity contribution is 5.60. The molecule has 0 bridgehead atoms. The Labute approximate surface area is 124 Å². The molecule has 0 aromatic carbocycles. The van der Waals surface area contributed by atoms with E-state index in [1.807, 2.05) is 19.0 Å². The van der Waals surface area contributed by atoms with E-state index < -0.39 is 0 Å². The molecule has 0 atom stereocenters. The fourth-order valence-corrected chi connectivity index (χ4v) is 2.89. The minimum atomic E-state index is -0.323. The van der Waals surface area contributed by atoms with Crippen molar-refractivity contribution in [3.63, 3.8) is 0 Å². The first-order valence-electron chi connectivity index (χ1n) is 7.09. The molecule has 110 valence electrons. The molecule has 0 aliphatic heterocycles. The average molecular weight is 286 g/mol. The molecule has 0 unspecified atom stereocenters. The van der Waals surface area contributed by atoms with E-state index >= 15 is 0 Å². The van der Waals surface area contributed by atoms with Crippen LogP contribution in [-0.2, 0) is 11.8 Å². The smallest absolute Gasteiger partial charge is 0.180 e. The number of aromatic nitrogens is 3. The number of anilines is 1. The zero-order valence-electron chi connectivity index (χ0n) is 12.8. The molecule has 1 aliphatic rings. The van der Waals surface area contributed by atoms with Crippen molar-refractivity contribution in [2.45, 2.75) is 32.1 Å². The monoisotopic (exact) mass is 286 g/mol. The summed E-state index contributed by atoms with van der Waals surface area (Å²) in [4.78, 5) is 15.5. The van der Waals surface area contributed by atoms with Crippen LogP contribution in [0.4, 0.5) is 10.2 Å². The lowest BCUT2D eigenvalue weighted by molar-refractivity contribution is 0.521. The van der Waals surface area contributed by atoms with Crippen molar-refractivity contribution in [1.29, 1.82) is 0 Å². The number of fused-ring (bicyclic) bond motifs is 1. The van der Waals surface area contributed by atoms with Crippen molar-refractivity contribution in [3.05, 3.63) is 35.4 Å². The molecule has 5 heteroatoms. The van der Waals surface area contributed by atoms with Crippen LogP contribution in [-0.4, -0.2) is 29.0 Å². The molecular weight excluding hydrogens is 267 g/mol. The molecule has 0 N–H and O–H groups in total. The number of halogens is 1. The standard InChI is InChI=1S/C16H19FN4/c1-16(2)7-5-11-13(16)15(21(3)4)20-14(19-11)12-9-10(17)6-8-18-12/h6,8-9H,5,7H2,1-4H3. The Morgan fingerprint density at radius 2 is 2.00 bits per heavy atom. The zero-order chi connectivity index (χ0) is 15.2. The molecule has 0 spiro atoms. The highest BCUT2D eigenvalue weighted by Gasteiger charge is 2.35. The Morgan fingerprint density at radius 1 is 1.24 bits per heavy atom. The predicted octanol–water partition coefficient (Wildman–Crippen LogP) is 2.97. The highest BCUT2D eigenvalue weighted by atomic mass is 19.1. The molecule has 0 fully saturated rings. The van der Waals surface area contributed by atoms with Crippen molar-refractivity contribution >= 4 is 5.82 Å². The third kappa shape index (κ3) is 2.37. The Hall–Kier alpha value is -2.04. The van der Waals surface area contributed by atoms with Gasteiger partial charge in [0.05, 0.1) is 5.69 Å². The van der Waals surface area contributed by atoms with E-state index in [0.29, 0.717) is 11.5 Å². The Kier molecular flexibility index (Phi) is 3.15. The summed E-state index contributed by atoms with van der Waals surface area (Å²) < 4.78 is 13.4. The van der Waals surface area contributed by atoms with Crippen LogP contribution in [0.15, 0.2) is 18.3 Å². The number of hydrogen-bond acceptors (Lipinski definition) is 4. The van der Waals surface area contributed by atoms with Crippen LogP contribution in [0.3, 0.4) is 0 Å². The van der Waals surface area contributed by atoms with E-state index in [1.54, 1.807) is 0 Å². The van der Waals surface area contributed by atoms with Gasteiger partial charge in [-0.15, -0.1) is 0 Å². The molecule has 2 aromatic heterocycles. The van der Waals surface area contributed by atoms with Gasteiger partial charge in [0.1, 0.15) is 17.3 Å². The normalized spacial score (nSPS) is 15.9. The zero-order valence-corrected chi connectivity index (χ0v) is 12.8. The fourth-order valence-electron chi connectivity index (χ4n) is 2.89. The maximum Gasteiger partial charge on any atom is 0.180 e. The Bertz CT molecular complexity index is 695. The minimum absolute atomic E-state index is 0.0723. The van der Waals surface area contributed by atoms with Crippen molar-refractivity contribution in [1.82, 2.24) is 15.0 Å². The second-order valence-electron chi connectivity index (χ2n) is 6.33. The van der Waals surface area contributed by atoms with Crippen molar-refractivity contribution in [2.24, 2.45) is 0 Å². The first kappa shape index (κ1) is 13.9. The van der Waals surface area contributed by atoms with E-state index in [4.69, 9.17) is 0 Å². The Morgan fingerprint density at radius 3 is 2.67 bits per heavy atom. The van der Waals surface area contributed by atoms with E-state index in [1.165, 1.54) is 23.9 Å². The SMILES string of the molecule is CN(C)c1nc(-c2cc(F)ccn2)nc2c1C(C)(C)CC2. The third-order valence-electron chi connectivity index (χ3n) is 4.00. The first-order valence-corrected chi connectivity index (χ1v) is 7.09. The second kappa shape index (κ2) is 4.76. The average Bonchev–Trinajstić information content (AvgIpc) is 2.74. The molecule has 0 saturated carbocycles. The number of hydrogen-bond donors (Lipinski definition) is 0. The largest absolute Gasteiger partial charge is 0.362 e. The van der Waals surface area contributed by atoms with Gasteiger partial charge in [-0.1, -0.05) is 13.8 Å². The van der Waals surface area contributed by atoms with Crippen LogP contribution < -0.4 is 4.90 Å². The van der Waals surface area contributed by atoms with Gasteiger partial charge in [-0.25, -0.2) is 14.4 Å². The van der Waals surface area contributed by atoms with Gasteiger partial charge in [0.2, 0.25) is 0 Å². The predicted molar refractivity (Wildman–Crippen MR) is 80.9 cm³/mol. The summed E-state index contributed by atoms with van der Waals surface area (Å²) in [6.45, 7) is 4.44. The fraction of sp³-hybridized carbons (Fsp3) is 0.438. The summed E-state index contributed by atoms with van der Waals surface area (Å²) >= 11 is 0. The molecule has 2 heterocycles. The molecule has 0 radical (unpaired) electrons. The molecular formula is C16H19FN4.